The number of rotatable bonds is 4. The van der Waals surface area contributed by atoms with Gasteiger partial charge in [-0.15, -0.1) is 0 Å². The summed E-state index contributed by atoms with van der Waals surface area (Å²) >= 11 is 0. The van der Waals surface area contributed by atoms with Gasteiger partial charge in [0.15, 0.2) is 0 Å². The van der Waals surface area contributed by atoms with Crippen LogP contribution in [0.5, 0.6) is 0 Å². The summed E-state index contributed by atoms with van der Waals surface area (Å²) < 4.78 is 6.75. The van der Waals surface area contributed by atoms with Crippen LogP contribution in [-0.2, 0) is 18.4 Å². The van der Waals surface area contributed by atoms with Crippen LogP contribution in [0.15, 0.2) is 36.5 Å². The number of benzene rings is 1. The number of aryl methyl sites for hydroxylation is 1. The van der Waals surface area contributed by atoms with Crippen molar-refractivity contribution >= 4 is 0 Å². The molecule has 0 bridgehead atoms. The van der Waals surface area contributed by atoms with Crippen LogP contribution < -0.4 is 0 Å². The van der Waals surface area contributed by atoms with Crippen LogP contribution in [0.1, 0.15) is 22.9 Å². The van der Waals surface area contributed by atoms with Crippen LogP contribution >= 0.6 is 0 Å². The van der Waals surface area contributed by atoms with Gasteiger partial charge >= 0.3 is 0 Å². The van der Waals surface area contributed by atoms with Crippen molar-refractivity contribution in [1.82, 2.24) is 9.78 Å². The molecule has 2 rings (SSSR count). The highest BCUT2D eigenvalue weighted by Gasteiger charge is 2.13. The highest BCUT2D eigenvalue weighted by atomic mass is 16.5. The molecule has 4 heteroatoms. The number of ether oxygens (including phenoxy) is 1. The molecule has 1 aromatic heterocycles. The Morgan fingerprint density at radius 1 is 1.41 bits per heavy atom. The Labute approximate surface area is 100 Å². The van der Waals surface area contributed by atoms with Crippen molar-refractivity contribution in [3.8, 4) is 0 Å². The number of aromatic nitrogens is 2. The van der Waals surface area contributed by atoms with Gasteiger partial charge in [0.2, 0.25) is 0 Å². The van der Waals surface area contributed by atoms with Crippen LogP contribution in [0.25, 0.3) is 0 Å². The minimum absolute atomic E-state index is 0.548. The maximum Gasteiger partial charge on any atom is 0.121 e. The number of aliphatic hydroxyl groups is 1. The van der Waals surface area contributed by atoms with E-state index in [2.05, 4.69) is 5.10 Å². The van der Waals surface area contributed by atoms with Crippen LogP contribution in [-0.4, -0.2) is 22.0 Å². The first-order valence-corrected chi connectivity index (χ1v) is 5.46. The van der Waals surface area contributed by atoms with Crippen molar-refractivity contribution in [2.45, 2.75) is 12.7 Å². The zero-order chi connectivity index (χ0) is 12.3. The van der Waals surface area contributed by atoms with E-state index in [4.69, 9.17) is 4.74 Å². The third kappa shape index (κ3) is 2.54. The molecular weight excluding hydrogens is 216 g/mol. The summed E-state index contributed by atoms with van der Waals surface area (Å²) in [5.41, 5.74) is 2.67. The smallest absolute Gasteiger partial charge is 0.121 e. The van der Waals surface area contributed by atoms with Gasteiger partial charge in [0.05, 0.1) is 12.3 Å². The molecule has 0 radical (unpaired) electrons. The first-order chi connectivity index (χ1) is 8.22. The van der Waals surface area contributed by atoms with E-state index in [0.29, 0.717) is 6.61 Å². The molecule has 0 aliphatic rings. The van der Waals surface area contributed by atoms with Gasteiger partial charge in [-0.1, -0.05) is 24.3 Å². The molecule has 90 valence electrons. The summed E-state index contributed by atoms with van der Waals surface area (Å²) in [6.07, 6.45) is 1.02. The number of hydrogen-bond donors (Lipinski definition) is 1. The van der Waals surface area contributed by atoms with E-state index < -0.39 is 6.10 Å². The fourth-order valence-corrected chi connectivity index (χ4v) is 1.84. The highest BCUT2D eigenvalue weighted by molar-refractivity contribution is 5.29. The average Bonchev–Trinajstić information content (AvgIpc) is 2.75. The molecule has 0 amide bonds. The summed E-state index contributed by atoms with van der Waals surface area (Å²) in [5, 5.41) is 14.3. The predicted octanol–water partition coefficient (Wildman–Crippen LogP) is 1.65. The fraction of sp³-hybridized carbons (Fsp3) is 0.308. The SMILES string of the molecule is COCc1cccc(C(O)c2ccnn2C)c1. The molecule has 4 nitrogen and oxygen atoms in total. The van der Waals surface area contributed by atoms with Crippen molar-refractivity contribution < 1.29 is 9.84 Å². The Hall–Kier alpha value is -1.65. The molecule has 1 unspecified atom stereocenters. The Balaban J connectivity index is 2.28. The second-order valence-corrected chi connectivity index (χ2v) is 3.96. The fourth-order valence-electron chi connectivity index (χ4n) is 1.84. The van der Waals surface area contributed by atoms with E-state index in [1.54, 1.807) is 18.0 Å². The van der Waals surface area contributed by atoms with E-state index in [1.807, 2.05) is 37.4 Å². The van der Waals surface area contributed by atoms with E-state index in [1.165, 1.54) is 0 Å². The van der Waals surface area contributed by atoms with Gasteiger partial charge in [0.1, 0.15) is 6.10 Å². The molecule has 0 spiro atoms. The van der Waals surface area contributed by atoms with Gasteiger partial charge in [0.25, 0.3) is 0 Å². The van der Waals surface area contributed by atoms with Crippen molar-refractivity contribution in [1.29, 1.82) is 0 Å². The molecule has 1 aromatic carbocycles. The lowest BCUT2D eigenvalue weighted by Crippen LogP contribution is -2.07. The van der Waals surface area contributed by atoms with Gasteiger partial charge in [-0.3, -0.25) is 4.68 Å². The zero-order valence-corrected chi connectivity index (χ0v) is 10.00. The monoisotopic (exact) mass is 232 g/mol. The predicted molar refractivity (Wildman–Crippen MR) is 64.4 cm³/mol. The van der Waals surface area contributed by atoms with Crippen LogP contribution in [0, 0.1) is 0 Å². The molecule has 1 N–H and O–H groups in total. The quantitative estimate of drug-likeness (QED) is 0.872. The molecule has 0 aliphatic carbocycles. The summed E-state index contributed by atoms with van der Waals surface area (Å²) in [5.74, 6) is 0. The standard InChI is InChI=1S/C13H16N2O2/c1-15-12(6-7-14-15)13(16)11-5-3-4-10(8-11)9-17-2/h3-8,13,16H,9H2,1-2H3. The van der Waals surface area contributed by atoms with Crippen molar-refractivity contribution in [3.05, 3.63) is 53.3 Å². The molecule has 0 saturated heterocycles. The Bertz CT molecular complexity index is 494. The average molecular weight is 232 g/mol. The lowest BCUT2D eigenvalue weighted by molar-refractivity contribution is 0.183. The lowest BCUT2D eigenvalue weighted by atomic mass is 10.0. The zero-order valence-electron chi connectivity index (χ0n) is 10.00. The Morgan fingerprint density at radius 2 is 2.24 bits per heavy atom. The number of hydrogen-bond acceptors (Lipinski definition) is 3. The molecule has 2 aromatic rings. The van der Waals surface area contributed by atoms with E-state index in [9.17, 15) is 5.11 Å². The van der Waals surface area contributed by atoms with Crippen LogP contribution in [0.2, 0.25) is 0 Å². The van der Waals surface area contributed by atoms with Gasteiger partial charge in [0, 0.05) is 20.4 Å². The number of aliphatic hydroxyl groups excluding tert-OH is 1. The second-order valence-electron chi connectivity index (χ2n) is 3.96. The third-order valence-corrected chi connectivity index (χ3v) is 2.72. The topological polar surface area (TPSA) is 47.3 Å². The van der Waals surface area contributed by atoms with E-state index in [0.717, 1.165) is 16.8 Å². The first-order valence-electron chi connectivity index (χ1n) is 5.46. The van der Waals surface area contributed by atoms with Crippen molar-refractivity contribution in [2.75, 3.05) is 7.11 Å². The molecule has 0 aliphatic heterocycles. The van der Waals surface area contributed by atoms with Crippen LogP contribution in [0.3, 0.4) is 0 Å². The van der Waals surface area contributed by atoms with Crippen molar-refractivity contribution in [2.24, 2.45) is 7.05 Å². The number of nitrogens with zero attached hydrogens (tertiary/aromatic N) is 2. The molecule has 1 atom stereocenters. The first kappa shape index (κ1) is 11.8. The molecule has 0 fully saturated rings. The van der Waals surface area contributed by atoms with Crippen molar-refractivity contribution in [3.63, 3.8) is 0 Å². The van der Waals surface area contributed by atoms with E-state index in [-0.39, 0.29) is 0 Å². The minimum atomic E-state index is -0.653. The highest BCUT2D eigenvalue weighted by Crippen LogP contribution is 2.22. The second kappa shape index (κ2) is 5.12. The number of methoxy groups -OCH3 is 1. The Morgan fingerprint density at radius 3 is 2.88 bits per heavy atom. The Kier molecular flexibility index (Phi) is 3.56. The largest absolute Gasteiger partial charge is 0.382 e. The minimum Gasteiger partial charge on any atom is -0.382 e. The normalized spacial score (nSPS) is 12.6. The summed E-state index contributed by atoms with van der Waals surface area (Å²) in [4.78, 5) is 0. The van der Waals surface area contributed by atoms with Crippen LogP contribution in [0.4, 0.5) is 0 Å². The van der Waals surface area contributed by atoms with Gasteiger partial charge in [-0.25, -0.2) is 0 Å². The third-order valence-electron chi connectivity index (χ3n) is 2.72. The van der Waals surface area contributed by atoms with Gasteiger partial charge in [-0.05, 0) is 17.2 Å². The summed E-state index contributed by atoms with van der Waals surface area (Å²) in [7, 11) is 3.47. The molecule has 1 heterocycles. The van der Waals surface area contributed by atoms with Gasteiger partial charge in [-0.2, -0.15) is 5.10 Å². The maximum absolute atomic E-state index is 10.3. The lowest BCUT2D eigenvalue weighted by Gasteiger charge is -2.12. The molecule has 0 saturated carbocycles. The maximum atomic E-state index is 10.3. The molecular formula is C13H16N2O2. The van der Waals surface area contributed by atoms with Gasteiger partial charge < -0.3 is 9.84 Å². The van der Waals surface area contributed by atoms with E-state index >= 15 is 0 Å². The summed E-state index contributed by atoms with van der Waals surface area (Å²) in [6, 6.07) is 9.55. The summed E-state index contributed by atoms with van der Waals surface area (Å²) in [6.45, 7) is 0.548. The molecule has 17 heavy (non-hydrogen) atoms.